The molecule has 236 valence electrons. The number of nitrogens with one attached hydrogen (secondary N) is 2. The number of aryl methyl sites for hydroxylation is 1. The maximum absolute atomic E-state index is 13.3. The highest BCUT2D eigenvalue weighted by Crippen LogP contribution is 2.36. The molecule has 0 saturated heterocycles. The Bertz CT molecular complexity index is 1890. The Morgan fingerprint density at radius 2 is 1.65 bits per heavy atom. The van der Waals surface area contributed by atoms with Gasteiger partial charge < -0.3 is 15.5 Å². The number of fused-ring (bicyclic) bond motifs is 1. The second kappa shape index (κ2) is 13.7. The second-order valence-corrected chi connectivity index (χ2v) is 12.4. The molecule has 1 amide bonds. The van der Waals surface area contributed by atoms with Crippen molar-refractivity contribution in [3.8, 4) is 22.4 Å². The average molecular weight is 615 g/mol. The lowest BCUT2D eigenvalue weighted by Gasteiger charge is -2.36. The van der Waals surface area contributed by atoms with Crippen LogP contribution >= 0.6 is 0 Å². The Morgan fingerprint density at radius 1 is 0.891 bits per heavy atom. The van der Waals surface area contributed by atoms with Crippen molar-refractivity contribution in [2.24, 2.45) is 0 Å². The van der Waals surface area contributed by atoms with Crippen LogP contribution in [0.4, 0.5) is 11.4 Å². The molecule has 1 aliphatic rings. The Labute approximate surface area is 270 Å². The van der Waals surface area contributed by atoms with Crippen molar-refractivity contribution in [1.82, 2.24) is 25.0 Å². The molecule has 0 unspecified atom stereocenters. The molecule has 0 radical (unpaired) electrons. The number of benzene rings is 3. The molecule has 46 heavy (non-hydrogen) atoms. The Morgan fingerprint density at radius 3 is 2.41 bits per heavy atom. The minimum Gasteiger partial charge on any atom is -0.356 e. The van der Waals surface area contributed by atoms with Gasteiger partial charge in [0.25, 0.3) is 5.56 Å². The smallest absolute Gasteiger partial charge is 0.290 e. The van der Waals surface area contributed by atoms with E-state index >= 15 is 0 Å². The summed E-state index contributed by atoms with van der Waals surface area (Å²) in [5.41, 5.74) is 6.83. The first-order chi connectivity index (χ1) is 22.3. The van der Waals surface area contributed by atoms with Gasteiger partial charge in [0.1, 0.15) is 5.69 Å². The number of rotatable bonds is 11. The van der Waals surface area contributed by atoms with Gasteiger partial charge in [-0.3, -0.25) is 14.6 Å². The number of nitrogens with zero attached hydrogens (tertiary/aromatic N) is 4. The molecular formula is C38H42N6O2. The van der Waals surface area contributed by atoms with E-state index in [1.807, 2.05) is 67.6 Å². The van der Waals surface area contributed by atoms with Gasteiger partial charge in [0, 0.05) is 41.5 Å². The number of anilines is 2. The van der Waals surface area contributed by atoms with E-state index in [2.05, 4.69) is 64.0 Å². The second-order valence-electron chi connectivity index (χ2n) is 12.4. The van der Waals surface area contributed by atoms with Crippen LogP contribution in [0.25, 0.3) is 33.3 Å². The van der Waals surface area contributed by atoms with Crippen LogP contribution < -0.4 is 16.2 Å². The van der Waals surface area contributed by atoms with Crippen molar-refractivity contribution >= 4 is 28.2 Å². The van der Waals surface area contributed by atoms with Gasteiger partial charge in [-0.25, -0.2) is 4.68 Å². The molecule has 0 atom stereocenters. The monoisotopic (exact) mass is 614 g/mol. The Hall–Kier alpha value is -4.82. The van der Waals surface area contributed by atoms with Crippen molar-refractivity contribution in [1.29, 1.82) is 0 Å². The summed E-state index contributed by atoms with van der Waals surface area (Å²) in [6.45, 7) is 3.07. The molecule has 1 aliphatic carbocycles. The van der Waals surface area contributed by atoms with Crippen LogP contribution in [-0.4, -0.2) is 51.8 Å². The molecule has 8 heteroatoms. The van der Waals surface area contributed by atoms with E-state index in [9.17, 15) is 9.59 Å². The fourth-order valence-electron chi connectivity index (χ4n) is 6.65. The molecule has 1 fully saturated rings. The van der Waals surface area contributed by atoms with Crippen molar-refractivity contribution < 1.29 is 4.79 Å². The molecule has 0 aliphatic heterocycles. The average Bonchev–Trinajstić information content (AvgIpc) is 3.57. The first-order valence-corrected chi connectivity index (χ1v) is 16.2. The van der Waals surface area contributed by atoms with E-state index in [4.69, 9.17) is 0 Å². The highest BCUT2D eigenvalue weighted by atomic mass is 16.1. The van der Waals surface area contributed by atoms with Crippen LogP contribution in [-0.2, 0) is 17.8 Å². The largest absolute Gasteiger partial charge is 0.356 e. The highest BCUT2D eigenvalue weighted by molar-refractivity contribution is 5.93. The van der Waals surface area contributed by atoms with E-state index in [0.717, 1.165) is 45.3 Å². The molecule has 2 aromatic heterocycles. The molecule has 2 N–H and O–H groups in total. The first kappa shape index (κ1) is 31.2. The molecular weight excluding hydrogens is 572 g/mol. The topological polar surface area (TPSA) is 92.2 Å². The zero-order valence-electron chi connectivity index (χ0n) is 26.9. The lowest BCUT2D eigenvalue weighted by molar-refractivity contribution is -0.120. The maximum atomic E-state index is 13.3. The van der Waals surface area contributed by atoms with E-state index < -0.39 is 0 Å². The fourth-order valence-corrected chi connectivity index (χ4v) is 6.65. The maximum Gasteiger partial charge on any atom is 0.290 e. The van der Waals surface area contributed by atoms with Crippen molar-refractivity contribution in [2.45, 2.75) is 57.5 Å². The van der Waals surface area contributed by atoms with Crippen molar-refractivity contribution in [2.75, 3.05) is 26.0 Å². The van der Waals surface area contributed by atoms with Crippen LogP contribution in [0.1, 0.15) is 44.6 Å². The summed E-state index contributed by atoms with van der Waals surface area (Å²) in [6.07, 6.45) is 8.06. The van der Waals surface area contributed by atoms with Gasteiger partial charge in [0.05, 0.1) is 17.6 Å². The zero-order chi connectivity index (χ0) is 32.1. The number of hydrogen-bond donors (Lipinski definition) is 2. The normalized spacial score (nSPS) is 14.1. The molecule has 0 bridgehead atoms. The number of pyridine rings is 1. The minimum absolute atomic E-state index is 0.0583. The third kappa shape index (κ3) is 6.72. The SMILES string of the molecule is CCn1nc(-c2cccc(-c3ccc(CC(=O)NCCC4(N(C)C)CCCC4)cc3)c2)cc(Nc2cccc3ncccc23)c1=O. The third-order valence-corrected chi connectivity index (χ3v) is 9.39. The van der Waals surface area contributed by atoms with Gasteiger partial charge in [-0.15, -0.1) is 0 Å². The number of hydrogen-bond acceptors (Lipinski definition) is 6. The quantitative estimate of drug-likeness (QED) is 0.170. The summed E-state index contributed by atoms with van der Waals surface area (Å²) in [6, 6.07) is 27.9. The third-order valence-electron chi connectivity index (χ3n) is 9.39. The summed E-state index contributed by atoms with van der Waals surface area (Å²) in [7, 11) is 4.31. The van der Waals surface area contributed by atoms with Crippen molar-refractivity contribution in [3.63, 3.8) is 0 Å². The summed E-state index contributed by atoms with van der Waals surface area (Å²) in [5, 5.41) is 12.1. The standard InChI is InChI=1S/C38H42N6O2/c1-4-44-37(46)35(41-33-14-8-13-32-31(33)12-9-22-39-32)26-34(42-44)30-11-7-10-29(25-30)28-17-15-27(16-18-28)24-36(45)40-23-21-38(43(2)3)19-5-6-20-38/h7-18,22,25-26,41H,4-6,19-21,23-24H2,1-3H3,(H,40,45). The molecule has 5 aromatic rings. The van der Waals surface area contributed by atoms with Crippen LogP contribution in [0.2, 0.25) is 0 Å². The van der Waals surface area contributed by atoms with Crippen molar-refractivity contribution in [3.05, 3.63) is 107 Å². The van der Waals surface area contributed by atoms with Crippen LogP contribution in [0.3, 0.4) is 0 Å². The Balaban J connectivity index is 1.16. The van der Waals surface area contributed by atoms with E-state index in [0.29, 0.717) is 30.9 Å². The Kier molecular flexibility index (Phi) is 9.26. The highest BCUT2D eigenvalue weighted by Gasteiger charge is 2.35. The molecule has 2 heterocycles. The fraction of sp³-hybridized carbons (Fsp3) is 0.316. The number of amides is 1. The summed E-state index contributed by atoms with van der Waals surface area (Å²) in [5.74, 6) is 0.0583. The van der Waals surface area contributed by atoms with Gasteiger partial charge in [-0.1, -0.05) is 61.4 Å². The molecule has 8 nitrogen and oxygen atoms in total. The van der Waals surface area contributed by atoms with Gasteiger partial charge in [-0.2, -0.15) is 5.10 Å². The molecule has 1 saturated carbocycles. The number of carbonyl (C=O) groups excluding carboxylic acids is 1. The first-order valence-electron chi connectivity index (χ1n) is 16.2. The molecule has 6 rings (SSSR count). The van der Waals surface area contributed by atoms with E-state index in [-0.39, 0.29) is 17.0 Å². The van der Waals surface area contributed by atoms with Gasteiger partial charge >= 0.3 is 0 Å². The number of carbonyl (C=O) groups is 1. The van der Waals surface area contributed by atoms with E-state index in [1.165, 1.54) is 30.4 Å². The summed E-state index contributed by atoms with van der Waals surface area (Å²) < 4.78 is 1.49. The van der Waals surface area contributed by atoms with Gasteiger partial charge in [0.15, 0.2) is 0 Å². The molecule has 3 aromatic carbocycles. The lowest BCUT2D eigenvalue weighted by Crippen LogP contribution is -2.44. The van der Waals surface area contributed by atoms with Gasteiger partial charge in [0.2, 0.25) is 5.91 Å². The molecule has 0 spiro atoms. The van der Waals surface area contributed by atoms with Crippen LogP contribution in [0, 0.1) is 0 Å². The minimum atomic E-state index is -0.182. The summed E-state index contributed by atoms with van der Waals surface area (Å²) in [4.78, 5) is 32.8. The van der Waals surface area contributed by atoms with Crippen LogP contribution in [0.5, 0.6) is 0 Å². The predicted molar refractivity (Wildman–Crippen MR) is 186 cm³/mol. The zero-order valence-corrected chi connectivity index (χ0v) is 26.9. The predicted octanol–water partition coefficient (Wildman–Crippen LogP) is 6.81. The number of aromatic nitrogens is 3. The van der Waals surface area contributed by atoms with Gasteiger partial charge in [-0.05, 0) is 93.4 Å². The summed E-state index contributed by atoms with van der Waals surface area (Å²) >= 11 is 0. The van der Waals surface area contributed by atoms with E-state index in [1.54, 1.807) is 6.20 Å². The lowest BCUT2D eigenvalue weighted by atomic mass is 9.92. The van der Waals surface area contributed by atoms with Crippen LogP contribution in [0.15, 0.2) is 95.9 Å².